The third-order valence-corrected chi connectivity index (χ3v) is 2.02. The van der Waals surface area contributed by atoms with Crippen LogP contribution >= 0.6 is 0 Å². The lowest BCUT2D eigenvalue weighted by Crippen LogP contribution is -2.19. The van der Waals surface area contributed by atoms with Gasteiger partial charge in [0.05, 0.1) is 11.0 Å². The molecule has 0 aliphatic carbocycles. The maximum Gasteiger partial charge on any atom is 0.344 e. The number of nitro benzene ring substituents is 1. The highest BCUT2D eigenvalue weighted by molar-refractivity contribution is 5.71. The number of nitro groups is 1. The van der Waals surface area contributed by atoms with E-state index >= 15 is 0 Å². The van der Waals surface area contributed by atoms with E-state index in [9.17, 15) is 14.9 Å². The number of rotatable bonds is 5. The lowest BCUT2D eigenvalue weighted by molar-refractivity contribution is -0.385. The molecule has 6 nitrogen and oxygen atoms in total. The van der Waals surface area contributed by atoms with Gasteiger partial charge in [0.25, 0.3) is 0 Å². The average Bonchev–Trinajstić information content (AvgIpc) is 2.25. The van der Waals surface area contributed by atoms with Crippen molar-refractivity contribution in [3.63, 3.8) is 0 Å². The molecule has 0 amide bonds. The summed E-state index contributed by atoms with van der Waals surface area (Å²) in [5.74, 6) is -0.485. The normalized spacial score (nSPS) is 10.2. The monoisotopic (exact) mass is 253 g/mol. The molecule has 0 spiro atoms. The first-order valence-corrected chi connectivity index (χ1v) is 5.47. The van der Waals surface area contributed by atoms with Gasteiger partial charge in [-0.15, -0.1) is 0 Å². The predicted octanol–water partition coefficient (Wildman–Crippen LogP) is 2.23. The number of benzene rings is 1. The van der Waals surface area contributed by atoms with Crippen molar-refractivity contribution in [1.82, 2.24) is 0 Å². The Morgan fingerprint density at radius 1 is 1.44 bits per heavy atom. The van der Waals surface area contributed by atoms with Crippen molar-refractivity contribution >= 4 is 11.7 Å². The maximum absolute atomic E-state index is 11.3. The molecule has 0 unspecified atom stereocenters. The zero-order valence-electron chi connectivity index (χ0n) is 10.5. The fraction of sp³-hybridized carbons (Fsp3) is 0.417. The molecule has 0 atom stereocenters. The van der Waals surface area contributed by atoms with Crippen molar-refractivity contribution in [3.8, 4) is 5.75 Å². The highest BCUT2D eigenvalue weighted by Crippen LogP contribution is 2.27. The molecule has 0 aliphatic heterocycles. The van der Waals surface area contributed by atoms with E-state index in [-0.39, 0.29) is 24.1 Å². The van der Waals surface area contributed by atoms with Crippen LogP contribution < -0.4 is 4.74 Å². The van der Waals surface area contributed by atoms with Gasteiger partial charge in [-0.25, -0.2) is 4.79 Å². The van der Waals surface area contributed by atoms with Gasteiger partial charge in [-0.1, -0.05) is 6.07 Å². The molecular weight excluding hydrogens is 238 g/mol. The number of nitrogens with zero attached hydrogens (tertiary/aromatic N) is 1. The number of hydrogen-bond acceptors (Lipinski definition) is 5. The number of ether oxygens (including phenoxy) is 2. The van der Waals surface area contributed by atoms with Crippen molar-refractivity contribution in [2.45, 2.75) is 26.9 Å². The Balaban J connectivity index is 2.74. The summed E-state index contributed by atoms with van der Waals surface area (Å²) < 4.78 is 9.99. The number of carbonyl (C=O) groups excluding carboxylic acids is 1. The Bertz CT molecular complexity index is 456. The van der Waals surface area contributed by atoms with Crippen LogP contribution in [0.1, 0.15) is 19.4 Å². The molecular formula is C12H15NO5. The van der Waals surface area contributed by atoms with Crippen LogP contribution in [0.2, 0.25) is 0 Å². The summed E-state index contributed by atoms with van der Waals surface area (Å²) in [6.07, 6.45) is -0.242. The zero-order valence-corrected chi connectivity index (χ0v) is 10.5. The first-order valence-electron chi connectivity index (χ1n) is 5.47. The van der Waals surface area contributed by atoms with E-state index in [1.807, 2.05) is 0 Å². The Kier molecular flexibility index (Phi) is 4.65. The third kappa shape index (κ3) is 4.04. The van der Waals surface area contributed by atoms with Crippen LogP contribution in [0.15, 0.2) is 18.2 Å². The molecule has 98 valence electrons. The van der Waals surface area contributed by atoms with Gasteiger partial charge in [0.15, 0.2) is 12.4 Å². The van der Waals surface area contributed by atoms with Crippen LogP contribution in [0.25, 0.3) is 0 Å². The van der Waals surface area contributed by atoms with Crippen LogP contribution in [0.5, 0.6) is 5.75 Å². The van der Waals surface area contributed by atoms with E-state index in [2.05, 4.69) is 0 Å². The van der Waals surface area contributed by atoms with Crippen LogP contribution in [0, 0.1) is 17.0 Å². The summed E-state index contributed by atoms with van der Waals surface area (Å²) in [6, 6.07) is 4.47. The minimum absolute atomic E-state index is 0.0701. The fourth-order valence-corrected chi connectivity index (χ4v) is 1.32. The van der Waals surface area contributed by atoms with Crippen molar-refractivity contribution in [2.24, 2.45) is 0 Å². The van der Waals surface area contributed by atoms with Gasteiger partial charge in [-0.05, 0) is 32.4 Å². The van der Waals surface area contributed by atoms with Crippen LogP contribution in [-0.2, 0) is 9.53 Å². The quantitative estimate of drug-likeness (QED) is 0.456. The SMILES string of the molecule is Cc1ccc([N+](=O)[O-])c(OCC(=O)OC(C)C)c1. The van der Waals surface area contributed by atoms with Crippen molar-refractivity contribution in [3.05, 3.63) is 33.9 Å². The Labute approximate surface area is 105 Å². The van der Waals surface area contributed by atoms with Gasteiger partial charge in [0.2, 0.25) is 0 Å². The molecule has 0 aromatic heterocycles. The molecule has 0 aliphatic rings. The van der Waals surface area contributed by atoms with E-state index in [4.69, 9.17) is 9.47 Å². The second-order valence-electron chi connectivity index (χ2n) is 4.06. The molecule has 1 rings (SSSR count). The van der Waals surface area contributed by atoms with E-state index in [1.165, 1.54) is 12.1 Å². The Morgan fingerprint density at radius 3 is 2.67 bits per heavy atom. The molecule has 0 saturated carbocycles. The molecule has 0 saturated heterocycles. The standard InChI is InChI=1S/C12H15NO5/c1-8(2)18-12(14)7-17-11-6-9(3)4-5-10(11)13(15)16/h4-6,8H,7H2,1-3H3. The highest BCUT2D eigenvalue weighted by atomic mass is 16.6. The van der Waals surface area contributed by atoms with Gasteiger partial charge in [0.1, 0.15) is 0 Å². The lowest BCUT2D eigenvalue weighted by atomic mass is 10.2. The molecule has 0 bridgehead atoms. The molecule has 0 heterocycles. The molecule has 0 N–H and O–H groups in total. The summed E-state index contributed by atoms with van der Waals surface area (Å²) in [6.45, 7) is 4.87. The van der Waals surface area contributed by atoms with Gasteiger partial charge in [-0.2, -0.15) is 0 Å². The number of esters is 1. The molecule has 0 fully saturated rings. The van der Waals surface area contributed by atoms with E-state index in [0.717, 1.165) is 5.56 Å². The van der Waals surface area contributed by atoms with Crippen molar-refractivity contribution < 1.29 is 19.2 Å². The third-order valence-electron chi connectivity index (χ3n) is 2.02. The van der Waals surface area contributed by atoms with Gasteiger partial charge < -0.3 is 9.47 Å². The van der Waals surface area contributed by atoms with Crippen LogP contribution in [0.4, 0.5) is 5.69 Å². The minimum Gasteiger partial charge on any atom is -0.475 e. The second kappa shape index (κ2) is 6.00. The lowest BCUT2D eigenvalue weighted by Gasteiger charge is -2.09. The summed E-state index contributed by atoms with van der Waals surface area (Å²) in [5.41, 5.74) is 0.644. The Morgan fingerprint density at radius 2 is 2.11 bits per heavy atom. The van der Waals surface area contributed by atoms with Crippen LogP contribution in [-0.4, -0.2) is 23.6 Å². The zero-order chi connectivity index (χ0) is 13.7. The first kappa shape index (κ1) is 14.0. The second-order valence-corrected chi connectivity index (χ2v) is 4.06. The largest absolute Gasteiger partial charge is 0.475 e. The molecule has 1 aromatic carbocycles. The molecule has 18 heavy (non-hydrogen) atoms. The number of carbonyl (C=O) groups is 1. The maximum atomic E-state index is 11.3. The predicted molar refractivity (Wildman–Crippen MR) is 64.6 cm³/mol. The molecule has 1 aromatic rings. The first-order chi connectivity index (χ1) is 8.40. The van der Waals surface area contributed by atoms with Crippen molar-refractivity contribution in [2.75, 3.05) is 6.61 Å². The molecule has 6 heteroatoms. The summed E-state index contributed by atoms with van der Waals surface area (Å²) in [4.78, 5) is 21.5. The minimum atomic E-state index is -0.555. The van der Waals surface area contributed by atoms with Gasteiger partial charge >= 0.3 is 11.7 Å². The van der Waals surface area contributed by atoms with E-state index < -0.39 is 10.9 Å². The van der Waals surface area contributed by atoms with Crippen molar-refractivity contribution in [1.29, 1.82) is 0 Å². The summed E-state index contributed by atoms with van der Waals surface area (Å²) in [5, 5.41) is 10.8. The summed E-state index contributed by atoms with van der Waals surface area (Å²) >= 11 is 0. The number of aryl methyl sites for hydroxylation is 1. The highest BCUT2D eigenvalue weighted by Gasteiger charge is 2.16. The van der Waals surface area contributed by atoms with Gasteiger partial charge in [-0.3, -0.25) is 10.1 Å². The smallest absolute Gasteiger partial charge is 0.344 e. The van der Waals surface area contributed by atoms with Crippen LogP contribution in [0.3, 0.4) is 0 Å². The fourth-order valence-electron chi connectivity index (χ4n) is 1.32. The topological polar surface area (TPSA) is 78.7 Å². The molecule has 0 radical (unpaired) electrons. The summed E-state index contributed by atoms with van der Waals surface area (Å²) in [7, 11) is 0. The van der Waals surface area contributed by atoms with E-state index in [1.54, 1.807) is 26.8 Å². The van der Waals surface area contributed by atoms with Gasteiger partial charge in [0, 0.05) is 6.07 Å². The average molecular weight is 253 g/mol. The van der Waals surface area contributed by atoms with E-state index in [0.29, 0.717) is 0 Å². The number of hydrogen-bond donors (Lipinski definition) is 0. The Hall–Kier alpha value is -2.11.